The SMILES string of the molecule is COc1cccc(F)c1N(C)C(=O)N=C(N)N. The Labute approximate surface area is 97.7 Å². The number of ether oxygens (including phenoxy) is 1. The Kier molecular flexibility index (Phi) is 3.86. The molecule has 0 saturated carbocycles. The number of nitrogens with zero attached hydrogens (tertiary/aromatic N) is 2. The van der Waals surface area contributed by atoms with Crippen molar-refractivity contribution in [3.05, 3.63) is 24.0 Å². The van der Waals surface area contributed by atoms with Gasteiger partial charge in [-0.25, -0.2) is 9.18 Å². The van der Waals surface area contributed by atoms with Gasteiger partial charge in [-0.1, -0.05) is 6.07 Å². The van der Waals surface area contributed by atoms with Crippen molar-refractivity contribution in [3.8, 4) is 5.75 Å². The highest BCUT2D eigenvalue weighted by atomic mass is 19.1. The summed E-state index contributed by atoms with van der Waals surface area (Å²) in [6.07, 6.45) is 0. The fraction of sp³-hybridized carbons (Fsp3) is 0.200. The molecule has 4 N–H and O–H groups in total. The molecule has 1 rings (SSSR count). The number of hydrogen-bond donors (Lipinski definition) is 2. The molecular formula is C10H13FN4O2. The molecule has 0 bridgehead atoms. The molecule has 0 heterocycles. The van der Waals surface area contributed by atoms with Crippen molar-refractivity contribution >= 4 is 17.7 Å². The minimum Gasteiger partial charge on any atom is -0.494 e. The van der Waals surface area contributed by atoms with Gasteiger partial charge in [0.1, 0.15) is 11.4 Å². The summed E-state index contributed by atoms with van der Waals surface area (Å²) >= 11 is 0. The predicted octanol–water partition coefficient (Wildman–Crippen LogP) is 0.664. The molecule has 2 amide bonds. The Hall–Kier alpha value is -2.31. The number of nitrogens with two attached hydrogens (primary N) is 2. The summed E-state index contributed by atoms with van der Waals surface area (Å²) in [6.45, 7) is 0. The van der Waals surface area contributed by atoms with Crippen molar-refractivity contribution in [1.29, 1.82) is 0 Å². The zero-order chi connectivity index (χ0) is 13.0. The maximum Gasteiger partial charge on any atom is 0.351 e. The first-order valence-corrected chi connectivity index (χ1v) is 4.67. The molecule has 6 nitrogen and oxygen atoms in total. The number of amides is 2. The highest BCUT2D eigenvalue weighted by Gasteiger charge is 2.18. The van der Waals surface area contributed by atoms with Crippen LogP contribution in [0.4, 0.5) is 14.9 Å². The van der Waals surface area contributed by atoms with E-state index in [0.717, 1.165) is 4.90 Å². The third kappa shape index (κ3) is 2.83. The van der Waals surface area contributed by atoms with Crippen LogP contribution in [0.15, 0.2) is 23.2 Å². The van der Waals surface area contributed by atoms with Crippen LogP contribution in [0, 0.1) is 5.82 Å². The molecule has 92 valence electrons. The minimum absolute atomic E-state index is 0.0231. The first-order valence-electron chi connectivity index (χ1n) is 4.67. The van der Waals surface area contributed by atoms with Crippen LogP contribution in [-0.2, 0) is 0 Å². The lowest BCUT2D eigenvalue weighted by molar-refractivity contribution is 0.255. The summed E-state index contributed by atoms with van der Waals surface area (Å²) in [7, 11) is 2.72. The number of benzene rings is 1. The van der Waals surface area contributed by atoms with E-state index in [0.29, 0.717) is 0 Å². The number of methoxy groups -OCH3 is 1. The third-order valence-electron chi connectivity index (χ3n) is 2.02. The number of rotatable bonds is 2. The highest BCUT2D eigenvalue weighted by Crippen LogP contribution is 2.30. The Bertz CT molecular complexity index is 458. The van der Waals surface area contributed by atoms with Crippen LogP contribution in [0.2, 0.25) is 0 Å². The summed E-state index contributed by atoms with van der Waals surface area (Å²) in [5.41, 5.74) is 10.1. The van der Waals surface area contributed by atoms with Gasteiger partial charge >= 0.3 is 6.03 Å². The van der Waals surface area contributed by atoms with Crippen molar-refractivity contribution < 1.29 is 13.9 Å². The summed E-state index contributed by atoms with van der Waals surface area (Å²) in [5.74, 6) is -0.783. The normalized spacial score (nSPS) is 9.59. The van der Waals surface area contributed by atoms with Gasteiger partial charge in [-0.15, -0.1) is 0 Å². The molecule has 0 radical (unpaired) electrons. The molecule has 0 atom stereocenters. The number of guanidine groups is 1. The molecule has 7 heteroatoms. The van der Waals surface area contributed by atoms with Crippen molar-refractivity contribution in [3.63, 3.8) is 0 Å². The van der Waals surface area contributed by atoms with Crippen LogP contribution in [-0.4, -0.2) is 26.1 Å². The zero-order valence-corrected chi connectivity index (χ0v) is 9.48. The Morgan fingerprint density at radius 3 is 2.65 bits per heavy atom. The van der Waals surface area contributed by atoms with E-state index < -0.39 is 17.8 Å². The maximum absolute atomic E-state index is 13.6. The van der Waals surface area contributed by atoms with E-state index in [1.165, 1.54) is 32.4 Å². The fourth-order valence-electron chi connectivity index (χ4n) is 1.27. The van der Waals surface area contributed by atoms with Gasteiger partial charge in [-0.3, -0.25) is 4.90 Å². The van der Waals surface area contributed by atoms with E-state index in [-0.39, 0.29) is 11.4 Å². The van der Waals surface area contributed by atoms with Gasteiger partial charge in [0.25, 0.3) is 0 Å². The smallest absolute Gasteiger partial charge is 0.351 e. The second-order valence-corrected chi connectivity index (χ2v) is 3.17. The number of halogens is 1. The Balaban J connectivity index is 3.15. The molecule has 0 fully saturated rings. The first kappa shape index (κ1) is 12.8. The summed E-state index contributed by atoms with van der Waals surface area (Å²) in [4.78, 5) is 15.8. The van der Waals surface area contributed by atoms with E-state index in [1.807, 2.05) is 0 Å². The number of aliphatic imine (C=N–C) groups is 1. The zero-order valence-electron chi connectivity index (χ0n) is 9.48. The molecule has 0 aromatic heterocycles. The summed E-state index contributed by atoms with van der Waals surface area (Å²) in [6, 6.07) is 3.42. The number of anilines is 1. The highest BCUT2D eigenvalue weighted by molar-refractivity contribution is 6.00. The largest absolute Gasteiger partial charge is 0.494 e. The van der Waals surface area contributed by atoms with Crippen LogP contribution in [0.5, 0.6) is 5.75 Å². The lowest BCUT2D eigenvalue weighted by Crippen LogP contribution is -2.30. The first-order chi connectivity index (χ1) is 7.97. The molecule has 0 spiro atoms. The number of hydrogen-bond acceptors (Lipinski definition) is 2. The molecule has 0 aliphatic heterocycles. The van der Waals surface area contributed by atoms with Crippen LogP contribution in [0.3, 0.4) is 0 Å². The van der Waals surface area contributed by atoms with E-state index in [4.69, 9.17) is 16.2 Å². The molecule has 0 saturated heterocycles. The van der Waals surface area contributed by atoms with Crippen LogP contribution < -0.4 is 21.1 Å². The standard InChI is InChI=1S/C10H13FN4O2/c1-15(10(16)14-9(12)13)8-6(11)4-3-5-7(8)17-2/h3-5H,1-2H3,(H4,12,13,14,16). The van der Waals surface area contributed by atoms with Gasteiger partial charge in [0.15, 0.2) is 11.8 Å². The predicted molar refractivity (Wildman–Crippen MR) is 62.6 cm³/mol. The van der Waals surface area contributed by atoms with Gasteiger partial charge in [-0.2, -0.15) is 4.99 Å². The van der Waals surface area contributed by atoms with Crippen molar-refractivity contribution in [2.75, 3.05) is 19.1 Å². The second kappa shape index (κ2) is 5.15. The molecule has 17 heavy (non-hydrogen) atoms. The molecule has 0 unspecified atom stereocenters. The van der Waals surface area contributed by atoms with Gasteiger partial charge in [-0.05, 0) is 12.1 Å². The quantitative estimate of drug-likeness (QED) is 0.586. The van der Waals surface area contributed by atoms with Gasteiger partial charge < -0.3 is 16.2 Å². The second-order valence-electron chi connectivity index (χ2n) is 3.17. The number of urea groups is 1. The lowest BCUT2D eigenvalue weighted by Gasteiger charge is -2.18. The third-order valence-corrected chi connectivity index (χ3v) is 2.02. The lowest BCUT2D eigenvalue weighted by atomic mass is 10.2. The van der Waals surface area contributed by atoms with Crippen LogP contribution in [0.25, 0.3) is 0 Å². The van der Waals surface area contributed by atoms with Crippen molar-refractivity contribution in [2.45, 2.75) is 0 Å². The van der Waals surface area contributed by atoms with Crippen molar-refractivity contribution in [1.82, 2.24) is 0 Å². The fourth-order valence-corrected chi connectivity index (χ4v) is 1.27. The molecule has 1 aromatic carbocycles. The Morgan fingerprint density at radius 1 is 1.47 bits per heavy atom. The van der Waals surface area contributed by atoms with Gasteiger partial charge in [0.05, 0.1) is 7.11 Å². The van der Waals surface area contributed by atoms with Crippen molar-refractivity contribution in [2.24, 2.45) is 16.5 Å². The summed E-state index contributed by atoms with van der Waals surface area (Å²) < 4.78 is 18.6. The van der Waals surface area contributed by atoms with Gasteiger partial charge in [0.2, 0.25) is 0 Å². The number of para-hydroxylation sites is 1. The molecular weight excluding hydrogens is 227 g/mol. The molecule has 1 aromatic rings. The minimum atomic E-state index is -0.784. The van der Waals surface area contributed by atoms with Crippen LogP contribution in [0.1, 0.15) is 0 Å². The van der Waals surface area contributed by atoms with Crippen LogP contribution >= 0.6 is 0 Å². The van der Waals surface area contributed by atoms with E-state index in [1.54, 1.807) is 0 Å². The van der Waals surface area contributed by atoms with E-state index in [2.05, 4.69) is 4.99 Å². The maximum atomic E-state index is 13.6. The summed E-state index contributed by atoms with van der Waals surface area (Å²) in [5, 5.41) is 0. The number of carbonyl (C=O) groups is 1. The van der Waals surface area contributed by atoms with Gasteiger partial charge in [0, 0.05) is 7.05 Å². The topological polar surface area (TPSA) is 93.9 Å². The molecule has 0 aliphatic rings. The van der Waals surface area contributed by atoms with E-state index in [9.17, 15) is 9.18 Å². The average Bonchev–Trinajstić information content (AvgIpc) is 2.26. The molecule has 0 aliphatic carbocycles. The monoisotopic (exact) mass is 240 g/mol. The number of carbonyl (C=O) groups excluding carboxylic acids is 1. The average molecular weight is 240 g/mol. The Morgan fingerprint density at radius 2 is 2.12 bits per heavy atom. The van der Waals surface area contributed by atoms with E-state index >= 15 is 0 Å².